The Labute approximate surface area is 164 Å². The number of hydrogen-bond donors (Lipinski definition) is 2. The van der Waals surface area contributed by atoms with Gasteiger partial charge in [-0.15, -0.1) is 0 Å². The summed E-state index contributed by atoms with van der Waals surface area (Å²) >= 11 is 1.79. The Kier molecular flexibility index (Phi) is 11.3. The summed E-state index contributed by atoms with van der Waals surface area (Å²) in [5.74, 6) is 0.838. The highest BCUT2D eigenvalue weighted by molar-refractivity contribution is 14.1. The van der Waals surface area contributed by atoms with Gasteiger partial charge < -0.3 is 13.7 Å². The number of rotatable bonds is 11. The van der Waals surface area contributed by atoms with Gasteiger partial charge in [-0.05, 0) is 38.0 Å². The van der Waals surface area contributed by atoms with E-state index in [9.17, 15) is 14.4 Å². The topological polar surface area (TPSA) is 84.5 Å². The number of ketones is 1. The molecular formula is C18H31IN2O4. The maximum Gasteiger partial charge on any atom is 0.222 e. The Hall–Kier alpha value is -0.700. The summed E-state index contributed by atoms with van der Waals surface area (Å²) < 4.78 is 4.86. The van der Waals surface area contributed by atoms with Gasteiger partial charge in [-0.25, -0.2) is 0 Å². The Bertz CT molecular complexity index is 435. The predicted octanol–water partition coefficient (Wildman–Crippen LogP) is 2.93. The van der Waals surface area contributed by atoms with E-state index in [4.69, 9.17) is 3.07 Å². The third-order valence-electron chi connectivity index (χ3n) is 4.68. The van der Waals surface area contributed by atoms with E-state index in [0.29, 0.717) is 44.8 Å². The average molecular weight is 466 g/mol. The maximum atomic E-state index is 12.0. The first kappa shape index (κ1) is 22.3. The lowest BCUT2D eigenvalue weighted by molar-refractivity contribution is -0.123. The number of halogens is 1. The fourth-order valence-electron chi connectivity index (χ4n) is 3.00. The molecule has 1 rings (SSSR count). The molecule has 0 aliphatic heterocycles. The van der Waals surface area contributed by atoms with Crippen LogP contribution in [0.3, 0.4) is 0 Å². The molecule has 1 aliphatic rings. The molecule has 0 heterocycles. The van der Waals surface area contributed by atoms with E-state index in [1.807, 2.05) is 13.8 Å². The normalized spacial score (nSPS) is 20.3. The van der Waals surface area contributed by atoms with Crippen LogP contribution in [-0.2, 0) is 17.4 Å². The molecule has 2 N–H and O–H groups in total. The summed E-state index contributed by atoms with van der Waals surface area (Å²) in [6.45, 7) is 4.92. The zero-order valence-electron chi connectivity index (χ0n) is 15.3. The third kappa shape index (κ3) is 10.1. The maximum absolute atomic E-state index is 12.0. The molecule has 6 nitrogen and oxygen atoms in total. The number of nitrogens with one attached hydrogen (secondary N) is 2. The van der Waals surface area contributed by atoms with Gasteiger partial charge in [0.2, 0.25) is 11.8 Å². The van der Waals surface area contributed by atoms with Crippen molar-refractivity contribution in [2.24, 2.45) is 11.8 Å². The van der Waals surface area contributed by atoms with Crippen LogP contribution in [0.4, 0.5) is 0 Å². The van der Waals surface area contributed by atoms with Crippen LogP contribution in [0.1, 0.15) is 65.2 Å². The molecule has 25 heavy (non-hydrogen) atoms. The monoisotopic (exact) mass is 466 g/mol. The molecule has 144 valence electrons. The number of Topliss-reactive ketones (excluding diaryl/α,β-unsaturated/α-hetero) is 1. The number of hydrogen-bond acceptors (Lipinski definition) is 4. The smallest absolute Gasteiger partial charge is 0.222 e. The Balaban J connectivity index is 2.12. The molecule has 0 aromatic carbocycles. The SMILES string of the molecule is CC(C)C(=O)CCCC(=O)N[C@H]1CC[C@H](CNC(=O)CCOI)CC1. The van der Waals surface area contributed by atoms with Crippen molar-refractivity contribution in [3.63, 3.8) is 0 Å². The van der Waals surface area contributed by atoms with Crippen molar-refractivity contribution in [3.8, 4) is 0 Å². The Morgan fingerprint density at radius 2 is 1.72 bits per heavy atom. The van der Waals surface area contributed by atoms with E-state index in [2.05, 4.69) is 10.6 Å². The van der Waals surface area contributed by atoms with Gasteiger partial charge in [0.05, 0.1) is 13.0 Å². The number of carbonyl (C=O) groups is 3. The van der Waals surface area contributed by atoms with Crippen molar-refractivity contribution in [2.75, 3.05) is 13.2 Å². The van der Waals surface area contributed by atoms with Crippen molar-refractivity contribution in [3.05, 3.63) is 0 Å². The van der Waals surface area contributed by atoms with Crippen molar-refractivity contribution in [1.82, 2.24) is 10.6 Å². The van der Waals surface area contributed by atoms with Crippen molar-refractivity contribution >= 4 is 40.6 Å². The highest BCUT2D eigenvalue weighted by Crippen LogP contribution is 2.24. The fourth-order valence-corrected chi connectivity index (χ4v) is 3.22. The Morgan fingerprint density at radius 1 is 1.04 bits per heavy atom. The highest BCUT2D eigenvalue weighted by atomic mass is 127. The van der Waals surface area contributed by atoms with Gasteiger partial charge >= 0.3 is 0 Å². The zero-order valence-corrected chi connectivity index (χ0v) is 17.5. The molecule has 0 spiro atoms. The van der Waals surface area contributed by atoms with Crippen LogP contribution in [0.15, 0.2) is 0 Å². The van der Waals surface area contributed by atoms with E-state index >= 15 is 0 Å². The second-order valence-corrected chi connectivity index (χ2v) is 7.75. The zero-order chi connectivity index (χ0) is 18.7. The molecule has 7 heteroatoms. The highest BCUT2D eigenvalue weighted by Gasteiger charge is 2.22. The van der Waals surface area contributed by atoms with Crippen LogP contribution in [0.5, 0.6) is 0 Å². The van der Waals surface area contributed by atoms with Crippen LogP contribution in [0.25, 0.3) is 0 Å². The van der Waals surface area contributed by atoms with Crippen molar-refractivity contribution in [1.29, 1.82) is 0 Å². The van der Waals surface area contributed by atoms with Gasteiger partial charge in [-0.2, -0.15) is 0 Å². The number of carbonyl (C=O) groups excluding carboxylic acids is 3. The second-order valence-electron chi connectivity index (χ2n) is 7.13. The van der Waals surface area contributed by atoms with E-state index in [1.54, 1.807) is 23.0 Å². The minimum Gasteiger partial charge on any atom is -0.356 e. The van der Waals surface area contributed by atoms with E-state index in [0.717, 1.165) is 25.7 Å². The quantitative estimate of drug-likeness (QED) is 0.459. The lowest BCUT2D eigenvalue weighted by Crippen LogP contribution is -2.39. The van der Waals surface area contributed by atoms with E-state index < -0.39 is 0 Å². The first-order chi connectivity index (χ1) is 11.9. The molecule has 0 saturated heterocycles. The lowest BCUT2D eigenvalue weighted by Gasteiger charge is -2.29. The van der Waals surface area contributed by atoms with Crippen LogP contribution >= 0.6 is 23.0 Å². The summed E-state index contributed by atoms with van der Waals surface area (Å²) in [6, 6.07) is 0.229. The largest absolute Gasteiger partial charge is 0.356 e. The van der Waals surface area contributed by atoms with Gasteiger partial charge in [-0.1, -0.05) is 13.8 Å². The minimum atomic E-state index is 0.0306. The van der Waals surface area contributed by atoms with Crippen LogP contribution < -0.4 is 10.6 Å². The molecule has 0 aromatic rings. The lowest BCUT2D eigenvalue weighted by atomic mass is 9.86. The number of amides is 2. The van der Waals surface area contributed by atoms with Gasteiger partial charge in [-0.3, -0.25) is 14.4 Å². The van der Waals surface area contributed by atoms with Gasteiger partial charge in [0.1, 0.15) is 28.8 Å². The van der Waals surface area contributed by atoms with Gasteiger partial charge in [0.25, 0.3) is 0 Å². The summed E-state index contributed by atoms with van der Waals surface area (Å²) in [7, 11) is 0. The molecule has 0 radical (unpaired) electrons. The molecule has 2 amide bonds. The molecule has 0 unspecified atom stereocenters. The van der Waals surface area contributed by atoms with Crippen molar-refractivity contribution < 1.29 is 17.4 Å². The molecule has 1 fully saturated rings. The second kappa shape index (κ2) is 12.6. The Morgan fingerprint density at radius 3 is 2.32 bits per heavy atom. The first-order valence-electron chi connectivity index (χ1n) is 9.24. The fraction of sp³-hybridized carbons (Fsp3) is 0.833. The van der Waals surface area contributed by atoms with Crippen LogP contribution in [0.2, 0.25) is 0 Å². The molecule has 1 saturated carbocycles. The van der Waals surface area contributed by atoms with Crippen LogP contribution in [0, 0.1) is 11.8 Å². The molecule has 0 aromatic heterocycles. The summed E-state index contributed by atoms with van der Waals surface area (Å²) in [4.78, 5) is 35.1. The first-order valence-corrected chi connectivity index (χ1v) is 10.1. The minimum absolute atomic E-state index is 0.0306. The van der Waals surface area contributed by atoms with Crippen molar-refractivity contribution in [2.45, 2.75) is 71.3 Å². The molecule has 1 aliphatic carbocycles. The molecular weight excluding hydrogens is 435 g/mol. The predicted molar refractivity (Wildman–Crippen MR) is 105 cm³/mol. The molecule has 0 atom stereocenters. The summed E-state index contributed by atoms with van der Waals surface area (Å²) in [5, 5.41) is 6.03. The van der Waals surface area contributed by atoms with E-state index in [1.165, 1.54) is 0 Å². The van der Waals surface area contributed by atoms with Crippen LogP contribution in [-0.4, -0.2) is 36.8 Å². The average Bonchev–Trinajstić information content (AvgIpc) is 2.59. The third-order valence-corrected chi connectivity index (χ3v) is 5.12. The summed E-state index contributed by atoms with van der Waals surface area (Å²) in [5.41, 5.74) is 0. The van der Waals surface area contributed by atoms with E-state index in [-0.39, 0.29) is 29.6 Å². The van der Waals surface area contributed by atoms with Gasteiger partial charge in [0.15, 0.2) is 0 Å². The van der Waals surface area contributed by atoms with Gasteiger partial charge in [0, 0.05) is 31.3 Å². The standard InChI is InChI=1S/C18H31IN2O4/c1-13(2)16(22)4-3-5-18(24)21-15-8-6-14(7-9-15)12-20-17(23)10-11-25-19/h13-15H,3-12H2,1-2H3,(H,20,23)(H,21,24)/t14-,15-. The summed E-state index contributed by atoms with van der Waals surface area (Å²) in [6.07, 6.45) is 5.87. The molecule has 0 bridgehead atoms.